The number of pyridine rings is 1. The van der Waals surface area contributed by atoms with E-state index in [4.69, 9.17) is 10.7 Å². The van der Waals surface area contributed by atoms with Crippen LogP contribution in [0, 0.1) is 11.8 Å². The van der Waals surface area contributed by atoms with Gasteiger partial charge in [-0.2, -0.15) is 0 Å². The van der Waals surface area contributed by atoms with Crippen LogP contribution >= 0.6 is 0 Å². The molecule has 2 fully saturated rings. The Morgan fingerprint density at radius 2 is 2.04 bits per heavy atom. The van der Waals surface area contributed by atoms with Crippen LogP contribution in [0.25, 0.3) is 10.9 Å². The highest BCUT2D eigenvalue weighted by molar-refractivity contribution is 5.97. The molecular weight excluding hydrogens is 314 g/mol. The Morgan fingerprint density at radius 3 is 2.76 bits per heavy atom. The molecule has 2 amide bonds. The molecule has 1 aliphatic carbocycles. The molecule has 2 N–H and O–H groups in total. The average molecular weight is 337 g/mol. The molecule has 0 radical (unpaired) electrons. The molecule has 5 nitrogen and oxygen atoms in total. The van der Waals surface area contributed by atoms with Crippen molar-refractivity contribution in [3.05, 3.63) is 41.6 Å². The molecule has 5 heteroatoms. The summed E-state index contributed by atoms with van der Waals surface area (Å²) in [5, 5.41) is 0.913. The van der Waals surface area contributed by atoms with Crippen LogP contribution in [0.4, 0.5) is 0 Å². The number of para-hydroxylation sites is 1. The maximum absolute atomic E-state index is 12.6. The second kappa shape index (κ2) is 6.14. The second-order valence-corrected chi connectivity index (χ2v) is 7.42. The number of rotatable bonds is 3. The highest BCUT2D eigenvalue weighted by Gasteiger charge is 2.42. The first kappa shape index (κ1) is 16.1. The molecule has 130 valence electrons. The Morgan fingerprint density at radius 1 is 1.28 bits per heavy atom. The Hall–Kier alpha value is -2.43. The van der Waals surface area contributed by atoms with Gasteiger partial charge in [0.15, 0.2) is 0 Å². The SMILES string of the molecule is CC1CC1C(=O)N1CCCC(c2nc3ccccc3cc2C(N)=O)C1. The van der Waals surface area contributed by atoms with E-state index < -0.39 is 5.91 Å². The van der Waals surface area contributed by atoms with E-state index in [2.05, 4.69) is 6.92 Å². The zero-order valence-electron chi connectivity index (χ0n) is 14.4. The minimum absolute atomic E-state index is 0.0684. The number of piperidine rings is 1. The van der Waals surface area contributed by atoms with Gasteiger partial charge < -0.3 is 10.6 Å². The molecule has 1 aromatic carbocycles. The summed E-state index contributed by atoms with van der Waals surface area (Å²) in [5.74, 6) is 0.580. The fourth-order valence-electron chi connectivity index (χ4n) is 3.94. The molecule has 3 unspecified atom stereocenters. The molecule has 3 atom stereocenters. The number of likely N-dealkylation sites (tertiary alicyclic amines) is 1. The van der Waals surface area contributed by atoms with Crippen LogP contribution in [0.5, 0.6) is 0 Å². The van der Waals surface area contributed by atoms with Crippen molar-refractivity contribution >= 4 is 22.7 Å². The third kappa shape index (κ3) is 2.99. The van der Waals surface area contributed by atoms with Crippen molar-refractivity contribution in [3.8, 4) is 0 Å². The first-order valence-electron chi connectivity index (χ1n) is 9.03. The summed E-state index contributed by atoms with van der Waals surface area (Å²) in [6.45, 7) is 3.56. The van der Waals surface area contributed by atoms with Crippen LogP contribution < -0.4 is 5.73 Å². The lowest BCUT2D eigenvalue weighted by Crippen LogP contribution is -2.40. The van der Waals surface area contributed by atoms with Crippen molar-refractivity contribution in [2.24, 2.45) is 17.6 Å². The molecular formula is C20H23N3O2. The smallest absolute Gasteiger partial charge is 0.250 e. The summed E-state index contributed by atoms with van der Waals surface area (Å²) in [5.41, 5.74) is 7.71. The van der Waals surface area contributed by atoms with E-state index in [-0.39, 0.29) is 17.7 Å². The molecule has 0 spiro atoms. The Labute approximate surface area is 147 Å². The Kier molecular flexibility index (Phi) is 3.94. The van der Waals surface area contributed by atoms with E-state index in [1.165, 1.54) is 0 Å². The number of amides is 2. The molecule has 2 aliphatic rings. The van der Waals surface area contributed by atoms with E-state index in [0.29, 0.717) is 18.0 Å². The Balaban J connectivity index is 1.66. The van der Waals surface area contributed by atoms with Crippen molar-refractivity contribution in [2.75, 3.05) is 13.1 Å². The van der Waals surface area contributed by atoms with Gasteiger partial charge in [0.1, 0.15) is 0 Å². The molecule has 1 aromatic heterocycles. The molecule has 4 rings (SSSR count). The van der Waals surface area contributed by atoms with E-state index in [9.17, 15) is 9.59 Å². The van der Waals surface area contributed by atoms with Crippen LogP contribution in [-0.2, 0) is 4.79 Å². The number of aromatic nitrogens is 1. The van der Waals surface area contributed by atoms with Crippen LogP contribution in [0.1, 0.15) is 48.2 Å². The van der Waals surface area contributed by atoms with Crippen LogP contribution in [-0.4, -0.2) is 34.8 Å². The number of nitrogens with zero attached hydrogens (tertiary/aromatic N) is 2. The van der Waals surface area contributed by atoms with Crippen LogP contribution in [0.2, 0.25) is 0 Å². The fraction of sp³-hybridized carbons (Fsp3) is 0.450. The summed E-state index contributed by atoms with van der Waals surface area (Å²) in [4.78, 5) is 31.3. The molecule has 25 heavy (non-hydrogen) atoms. The monoisotopic (exact) mass is 337 g/mol. The first-order valence-corrected chi connectivity index (χ1v) is 9.03. The number of nitrogens with two attached hydrogens (primary N) is 1. The van der Waals surface area contributed by atoms with Gasteiger partial charge in [0.2, 0.25) is 5.91 Å². The number of hydrogen-bond acceptors (Lipinski definition) is 3. The van der Waals surface area contributed by atoms with Crippen LogP contribution in [0.3, 0.4) is 0 Å². The molecule has 1 saturated carbocycles. The number of hydrogen-bond donors (Lipinski definition) is 1. The fourth-order valence-corrected chi connectivity index (χ4v) is 3.94. The highest BCUT2D eigenvalue weighted by Crippen LogP contribution is 2.40. The minimum atomic E-state index is -0.451. The van der Waals surface area contributed by atoms with Gasteiger partial charge in [0, 0.05) is 30.3 Å². The number of carbonyl (C=O) groups excluding carboxylic acids is 2. The molecule has 2 aromatic rings. The van der Waals surface area contributed by atoms with Gasteiger partial charge >= 0.3 is 0 Å². The second-order valence-electron chi connectivity index (χ2n) is 7.42. The number of benzene rings is 1. The van der Waals surface area contributed by atoms with Crippen molar-refractivity contribution in [1.29, 1.82) is 0 Å². The largest absolute Gasteiger partial charge is 0.366 e. The van der Waals surface area contributed by atoms with E-state index in [1.54, 1.807) is 0 Å². The molecule has 1 saturated heterocycles. The number of carbonyl (C=O) groups is 2. The summed E-state index contributed by atoms with van der Waals surface area (Å²) >= 11 is 0. The third-order valence-electron chi connectivity index (χ3n) is 5.57. The first-order chi connectivity index (χ1) is 12.0. The van der Waals surface area contributed by atoms with Crippen LogP contribution in [0.15, 0.2) is 30.3 Å². The summed E-state index contributed by atoms with van der Waals surface area (Å²) in [7, 11) is 0. The maximum Gasteiger partial charge on any atom is 0.250 e. The predicted molar refractivity (Wildman–Crippen MR) is 96.1 cm³/mol. The quantitative estimate of drug-likeness (QED) is 0.935. The van der Waals surface area contributed by atoms with E-state index in [0.717, 1.165) is 42.4 Å². The summed E-state index contributed by atoms with van der Waals surface area (Å²) in [6, 6.07) is 9.58. The van der Waals surface area contributed by atoms with E-state index in [1.807, 2.05) is 35.2 Å². The standard InChI is InChI=1S/C20H23N3O2/c1-12-9-15(12)20(25)23-8-4-6-14(11-23)18-16(19(21)24)10-13-5-2-3-7-17(13)22-18/h2-3,5,7,10,12,14-15H,4,6,8-9,11H2,1H3,(H2,21,24). The van der Waals surface area contributed by atoms with Gasteiger partial charge in [-0.3, -0.25) is 14.6 Å². The average Bonchev–Trinajstić information content (AvgIpc) is 3.36. The van der Waals surface area contributed by atoms with Crippen molar-refractivity contribution in [2.45, 2.75) is 32.1 Å². The van der Waals surface area contributed by atoms with Gasteiger partial charge in [-0.05, 0) is 37.3 Å². The topological polar surface area (TPSA) is 76.3 Å². The van der Waals surface area contributed by atoms with Gasteiger partial charge in [0.05, 0.1) is 16.8 Å². The lowest BCUT2D eigenvalue weighted by atomic mass is 9.90. The van der Waals surface area contributed by atoms with Gasteiger partial charge in [-0.15, -0.1) is 0 Å². The third-order valence-corrected chi connectivity index (χ3v) is 5.57. The normalized spacial score (nSPS) is 25.8. The van der Waals surface area contributed by atoms with Crippen molar-refractivity contribution in [1.82, 2.24) is 9.88 Å². The van der Waals surface area contributed by atoms with Gasteiger partial charge in [-0.1, -0.05) is 25.1 Å². The zero-order valence-corrected chi connectivity index (χ0v) is 14.4. The summed E-state index contributed by atoms with van der Waals surface area (Å²) < 4.78 is 0. The van der Waals surface area contributed by atoms with Crippen molar-refractivity contribution < 1.29 is 9.59 Å². The zero-order chi connectivity index (χ0) is 17.6. The lowest BCUT2D eigenvalue weighted by molar-refractivity contribution is -0.134. The highest BCUT2D eigenvalue weighted by atomic mass is 16.2. The number of fused-ring (bicyclic) bond motifs is 1. The van der Waals surface area contributed by atoms with E-state index >= 15 is 0 Å². The molecule has 1 aliphatic heterocycles. The predicted octanol–water partition coefficient (Wildman–Crippen LogP) is 2.70. The molecule has 2 heterocycles. The van der Waals surface area contributed by atoms with Gasteiger partial charge in [0.25, 0.3) is 5.91 Å². The number of primary amides is 1. The Bertz CT molecular complexity index is 848. The summed E-state index contributed by atoms with van der Waals surface area (Å²) in [6.07, 6.45) is 2.86. The van der Waals surface area contributed by atoms with Crippen molar-refractivity contribution in [3.63, 3.8) is 0 Å². The maximum atomic E-state index is 12.6. The minimum Gasteiger partial charge on any atom is -0.366 e. The lowest BCUT2D eigenvalue weighted by Gasteiger charge is -2.33. The molecule has 0 bridgehead atoms. The van der Waals surface area contributed by atoms with Gasteiger partial charge in [-0.25, -0.2) is 0 Å².